The van der Waals surface area contributed by atoms with E-state index in [0.29, 0.717) is 5.11 Å². The molecule has 0 fully saturated rings. The summed E-state index contributed by atoms with van der Waals surface area (Å²) in [7, 11) is 1.65. The van der Waals surface area contributed by atoms with E-state index >= 15 is 0 Å². The highest BCUT2D eigenvalue weighted by atomic mass is 79.9. The number of aryl methyl sites for hydroxylation is 1. The number of benzene rings is 2. The molecule has 0 atom stereocenters. The highest BCUT2D eigenvalue weighted by Crippen LogP contribution is 2.22. The van der Waals surface area contributed by atoms with Gasteiger partial charge in [-0.2, -0.15) is 0 Å². The van der Waals surface area contributed by atoms with Crippen LogP contribution in [0.3, 0.4) is 0 Å². The molecule has 0 heterocycles. The minimum absolute atomic E-state index is 0.545. The zero-order valence-corrected chi connectivity index (χ0v) is 13.6. The molecule has 0 aliphatic rings. The van der Waals surface area contributed by atoms with Gasteiger partial charge in [0.1, 0.15) is 5.75 Å². The van der Waals surface area contributed by atoms with Crippen molar-refractivity contribution in [1.29, 1.82) is 0 Å². The van der Waals surface area contributed by atoms with E-state index in [0.717, 1.165) is 27.2 Å². The monoisotopic (exact) mass is 350 g/mol. The Morgan fingerprint density at radius 3 is 2.45 bits per heavy atom. The van der Waals surface area contributed by atoms with Crippen LogP contribution in [0.1, 0.15) is 5.56 Å². The van der Waals surface area contributed by atoms with Gasteiger partial charge in [-0.3, -0.25) is 0 Å². The van der Waals surface area contributed by atoms with E-state index in [-0.39, 0.29) is 0 Å². The molecule has 2 rings (SSSR count). The molecule has 0 unspecified atom stereocenters. The Hall–Kier alpha value is -1.59. The van der Waals surface area contributed by atoms with E-state index in [2.05, 4.69) is 26.6 Å². The third-order valence-corrected chi connectivity index (χ3v) is 3.53. The second-order valence-electron chi connectivity index (χ2n) is 4.27. The molecule has 20 heavy (non-hydrogen) atoms. The maximum absolute atomic E-state index is 5.32. The molecule has 0 spiro atoms. The number of methoxy groups -OCH3 is 1. The van der Waals surface area contributed by atoms with Crippen molar-refractivity contribution in [2.75, 3.05) is 17.7 Å². The Morgan fingerprint density at radius 2 is 1.80 bits per heavy atom. The summed E-state index contributed by atoms with van der Waals surface area (Å²) in [5, 5.41) is 6.86. The topological polar surface area (TPSA) is 33.3 Å². The van der Waals surface area contributed by atoms with Gasteiger partial charge >= 0.3 is 0 Å². The Labute approximate surface area is 132 Å². The van der Waals surface area contributed by atoms with Gasteiger partial charge in [-0.25, -0.2) is 0 Å². The fourth-order valence-electron chi connectivity index (χ4n) is 1.68. The maximum atomic E-state index is 5.32. The number of ether oxygens (including phenoxy) is 1. The van der Waals surface area contributed by atoms with Crippen LogP contribution < -0.4 is 15.4 Å². The molecule has 104 valence electrons. The van der Waals surface area contributed by atoms with Crippen LogP contribution in [-0.4, -0.2) is 12.2 Å². The van der Waals surface area contributed by atoms with Crippen LogP contribution in [0.5, 0.6) is 5.75 Å². The summed E-state index contributed by atoms with van der Waals surface area (Å²) in [5.74, 6) is 0.796. The summed E-state index contributed by atoms with van der Waals surface area (Å²) >= 11 is 8.72. The number of anilines is 2. The lowest BCUT2D eigenvalue weighted by Crippen LogP contribution is -2.19. The zero-order valence-electron chi connectivity index (χ0n) is 11.2. The predicted octanol–water partition coefficient (Wildman–Crippen LogP) is 4.58. The summed E-state index contributed by atoms with van der Waals surface area (Å²) < 4.78 is 6.25. The predicted molar refractivity (Wildman–Crippen MR) is 91.7 cm³/mol. The average molecular weight is 351 g/mol. The Morgan fingerprint density at radius 1 is 1.10 bits per heavy atom. The molecule has 0 bridgehead atoms. The van der Waals surface area contributed by atoms with Crippen LogP contribution in [0.15, 0.2) is 46.9 Å². The van der Waals surface area contributed by atoms with Gasteiger partial charge in [0.25, 0.3) is 0 Å². The van der Waals surface area contributed by atoms with Gasteiger partial charge < -0.3 is 15.4 Å². The second-order valence-corrected chi connectivity index (χ2v) is 5.59. The number of nitrogens with one attached hydrogen (secondary N) is 2. The van der Waals surface area contributed by atoms with E-state index in [9.17, 15) is 0 Å². The van der Waals surface area contributed by atoms with Crippen LogP contribution in [-0.2, 0) is 0 Å². The summed E-state index contributed by atoms with van der Waals surface area (Å²) in [6.45, 7) is 2.02. The first kappa shape index (κ1) is 14.8. The van der Waals surface area contributed by atoms with E-state index in [1.54, 1.807) is 7.11 Å². The molecule has 2 N–H and O–H groups in total. The van der Waals surface area contributed by atoms with Gasteiger partial charge in [-0.05, 0) is 55.0 Å². The van der Waals surface area contributed by atoms with E-state index < -0.39 is 0 Å². The van der Waals surface area contributed by atoms with Gasteiger partial charge in [0.05, 0.1) is 7.11 Å². The average Bonchev–Trinajstić information content (AvgIpc) is 2.44. The zero-order chi connectivity index (χ0) is 14.5. The number of hydrogen-bond acceptors (Lipinski definition) is 2. The molecular formula is C15H15BrN2OS. The molecule has 0 saturated carbocycles. The third kappa shape index (κ3) is 3.95. The van der Waals surface area contributed by atoms with Crippen LogP contribution >= 0.6 is 28.1 Å². The molecule has 2 aromatic rings. The highest BCUT2D eigenvalue weighted by Gasteiger charge is 2.03. The SMILES string of the molecule is COc1ccc(C)c(NC(=S)Nc2ccc(Br)cc2)c1. The normalized spacial score (nSPS) is 9.95. The van der Waals surface area contributed by atoms with Crippen LogP contribution in [0, 0.1) is 6.92 Å². The Kier molecular flexibility index (Phi) is 4.98. The minimum atomic E-state index is 0.545. The smallest absolute Gasteiger partial charge is 0.175 e. The van der Waals surface area contributed by atoms with Crippen LogP contribution in [0.2, 0.25) is 0 Å². The summed E-state index contributed by atoms with van der Waals surface area (Å²) in [5.41, 5.74) is 2.97. The number of rotatable bonds is 3. The van der Waals surface area contributed by atoms with Crippen molar-refractivity contribution in [3.05, 3.63) is 52.5 Å². The summed E-state index contributed by atoms with van der Waals surface area (Å²) in [6.07, 6.45) is 0. The maximum Gasteiger partial charge on any atom is 0.175 e. The summed E-state index contributed by atoms with van der Waals surface area (Å²) in [6, 6.07) is 13.7. The van der Waals surface area contributed by atoms with Gasteiger partial charge in [-0.15, -0.1) is 0 Å². The van der Waals surface area contributed by atoms with Gasteiger partial charge in [0.15, 0.2) is 5.11 Å². The molecule has 0 radical (unpaired) electrons. The van der Waals surface area contributed by atoms with Gasteiger partial charge in [0.2, 0.25) is 0 Å². The van der Waals surface area contributed by atoms with Crippen molar-refractivity contribution in [3.8, 4) is 5.75 Å². The largest absolute Gasteiger partial charge is 0.497 e. The quantitative estimate of drug-likeness (QED) is 0.794. The first-order chi connectivity index (χ1) is 9.58. The lowest BCUT2D eigenvalue weighted by molar-refractivity contribution is 0.415. The molecule has 0 saturated heterocycles. The van der Waals surface area contributed by atoms with Crippen molar-refractivity contribution in [1.82, 2.24) is 0 Å². The number of halogens is 1. The Bertz CT molecular complexity index is 614. The number of thiocarbonyl (C=S) groups is 1. The molecule has 5 heteroatoms. The molecule has 0 aromatic heterocycles. The molecule has 0 aliphatic heterocycles. The molecule has 0 amide bonds. The van der Waals surface area contributed by atoms with Crippen molar-refractivity contribution < 1.29 is 4.74 Å². The van der Waals surface area contributed by atoms with Crippen LogP contribution in [0.25, 0.3) is 0 Å². The molecule has 0 aliphatic carbocycles. The van der Waals surface area contributed by atoms with E-state index in [4.69, 9.17) is 17.0 Å². The fourth-order valence-corrected chi connectivity index (χ4v) is 2.17. The highest BCUT2D eigenvalue weighted by molar-refractivity contribution is 9.10. The Balaban J connectivity index is 2.06. The standard InChI is InChI=1S/C15H15BrN2OS/c1-10-3-8-13(19-2)9-14(10)18-15(20)17-12-6-4-11(16)5-7-12/h3-9H,1-2H3,(H2,17,18,20). The lowest BCUT2D eigenvalue weighted by Gasteiger charge is -2.13. The van der Waals surface area contributed by atoms with Crippen molar-refractivity contribution in [2.24, 2.45) is 0 Å². The van der Waals surface area contributed by atoms with Gasteiger partial charge in [-0.1, -0.05) is 22.0 Å². The van der Waals surface area contributed by atoms with E-state index in [1.165, 1.54) is 0 Å². The van der Waals surface area contributed by atoms with E-state index in [1.807, 2.05) is 49.4 Å². The van der Waals surface area contributed by atoms with Crippen molar-refractivity contribution in [2.45, 2.75) is 6.92 Å². The first-order valence-electron chi connectivity index (χ1n) is 6.06. The molecule has 2 aromatic carbocycles. The third-order valence-electron chi connectivity index (χ3n) is 2.80. The summed E-state index contributed by atoms with van der Waals surface area (Å²) in [4.78, 5) is 0. The minimum Gasteiger partial charge on any atom is -0.497 e. The van der Waals surface area contributed by atoms with Gasteiger partial charge in [0, 0.05) is 21.9 Å². The van der Waals surface area contributed by atoms with Crippen molar-refractivity contribution >= 4 is 44.6 Å². The van der Waals surface area contributed by atoms with Crippen molar-refractivity contribution in [3.63, 3.8) is 0 Å². The number of hydrogen-bond donors (Lipinski definition) is 2. The molecular weight excluding hydrogens is 336 g/mol. The first-order valence-corrected chi connectivity index (χ1v) is 7.27. The second kappa shape index (κ2) is 6.72. The fraction of sp³-hybridized carbons (Fsp3) is 0.133. The van der Waals surface area contributed by atoms with Crippen LogP contribution in [0.4, 0.5) is 11.4 Å². The lowest BCUT2D eigenvalue weighted by atomic mass is 10.2. The molecule has 3 nitrogen and oxygen atoms in total.